The van der Waals surface area contributed by atoms with Gasteiger partial charge in [0.15, 0.2) is 0 Å². The van der Waals surface area contributed by atoms with Crippen LogP contribution in [0.2, 0.25) is 0 Å². The Balaban J connectivity index is 1.84. The molecule has 8 heteroatoms. The van der Waals surface area contributed by atoms with Crippen LogP contribution in [-0.2, 0) is 19.3 Å². The first-order chi connectivity index (χ1) is 11.0. The van der Waals surface area contributed by atoms with E-state index in [0.717, 1.165) is 17.5 Å². The first-order valence-electron chi connectivity index (χ1n) is 8.03. The highest BCUT2D eigenvalue weighted by molar-refractivity contribution is 7.88. The van der Waals surface area contributed by atoms with Gasteiger partial charge in [0.25, 0.3) is 0 Å². The van der Waals surface area contributed by atoms with E-state index in [1.165, 1.54) is 0 Å². The summed E-state index contributed by atoms with van der Waals surface area (Å²) in [7, 11) is -3.52. The standard InChI is InChI=1S/C16H26BNO5S/c1-15(2)16(3,4)23-17(22-15)13-7-9-14(10-8-13)21-12-6-11-18-24(5,19)20/h7-10,18H,6,11-12H2,1-5H3. The number of benzene rings is 1. The van der Waals surface area contributed by atoms with Crippen molar-refractivity contribution >= 4 is 22.6 Å². The van der Waals surface area contributed by atoms with Gasteiger partial charge in [0, 0.05) is 6.54 Å². The fourth-order valence-electron chi connectivity index (χ4n) is 2.22. The van der Waals surface area contributed by atoms with E-state index in [9.17, 15) is 8.42 Å². The zero-order valence-corrected chi connectivity index (χ0v) is 15.8. The molecule has 0 aliphatic carbocycles. The van der Waals surface area contributed by atoms with Gasteiger partial charge in [-0.1, -0.05) is 12.1 Å². The quantitative estimate of drug-likeness (QED) is 0.590. The first-order valence-corrected chi connectivity index (χ1v) is 9.92. The lowest BCUT2D eigenvalue weighted by Gasteiger charge is -2.32. The maximum atomic E-state index is 10.9. The molecule has 134 valence electrons. The number of sulfonamides is 1. The van der Waals surface area contributed by atoms with E-state index in [4.69, 9.17) is 14.0 Å². The van der Waals surface area contributed by atoms with Crippen LogP contribution in [0, 0.1) is 0 Å². The van der Waals surface area contributed by atoms with Crippen LogP contribution >= 0.6 is 0 Å². The van der Waals surface area contributed by atoms with Crippen molar-refractivity contribution in [1.29, 1.82) is 0 Å². The summed E-state index contributed by atoms with van der Waals surface area (Å²) in [5.41, 5.74) is 0.221. The van der Waals surface area contributed by atoms with E-state index >= 15 is 0 Å². The third kappa shape index (κ3) is 4.96. The van der Waals surface area contributed by atoms with Crippen molar-refractivity contribution in [3.05, 3.63) is 24.3 Å². The number of hydrogen-bond acceptors (Lipinski definition) is 5. The molecule has 0 unspecified atom stereocenters. The highest BCUT2D eigenvalue weighted by Gasteiger charge is 2.51. The maximum absolute atomic E-state index is 10.9. The van der Waals surface area contributed by atoms with Crippen LogP contribution in [0.5, 0.6) is 5.75 Å². The molecule has 1 aromatic rings. The Morgan fingerprint density at radius 2 is 1.62 bits per heavy atom. The molecule has 6 nitrogen and oxygen atoms in total. The Hall–Kier alpha value is -1.09. The summed E-state index contributed by atoms with van der Waals surface area (Å²) < 4.78 is 41.9. The van der Waals surface area contributed by atoms with Gasteiger partial charge in [-0.15, -0.1) is 0 Å². The molecule has 0 spiro atoms. The fraction of sp³-hybridized carbons (Fsp3) is 0.625. The largest absolute Gasteiger partial charge is 0.494 e. The van der Waals surface area contributed by atoms with Crippen molar-refractivity contribution in [1.82, 2.24) is 4.72 Å². The minimum atomic E-state index is -3.14. The van der Waals surface area contributed by atoms with Crippen molar-refractivity contribution in [2.24, 2.45) is 0 Å². The molecule has 1 saturated heterocycles. The summed E-state index contributed by atoms with van der Waals surface area (Å²) in [6.45, 7) is 8.90. The first kappa shape index (κ1) is 19.2. The van der Waals surface area contributed by atoms with Crippen molar-refractivity contribution in [2.75, 3.05) is 19.4 Å². The van der Waals surface area contributed by atoms with Crippen molar-refractivity contribution in [3.8, 4) is 5.75 Å². The Labute approximate surface area is 145 Å². The molecular weight excluding hydrogens is 329 g/mol. The Bertz CT molecular complexity index is 642. The maximum Gasteiger partial charge on any atom is 0.494 e. The smallest absolute Gasteiger partial charge is 0.494 e. The average molecular weight is 355 g/mol. The van der Waals surface area contributed by atoms with Gasteiger partial charge in [-0.2, -0.15) is 0 Å². The molecule has 1 aliphatic heterocycles. The van der Waals surface area contributed by atoms with E-state index in [-0.39, 0.29) is 18.3 Å². The van der Waals surface area contributed by atoms with Gasteiger partial charge in [0.1, 0.15) is 5.75 Å². The summed E-state index contributed by atoms with van der Waals surface area (Å²) in [5.74, 6) is 0.731. The molecule has 1 aromatic carbocycles. The van der Waals surface area contributed by atoms with E-state index in [1.54, 1.807) is 0 Å². The van der Waals surface area contributed by atoms with Crippen LogP contribution < -0.4 is 14.9 Å². The average Bonchev–Trinajstić information content (AvgIpc) is 2.66. The van der Waals surface area contributed by atoms with Gasteiger partial charge in [-0.3, -0.25) is 0 Å². The molecule has 24 heavy (non-hydrogen) atoms. The number of rotatable bonds is 7. The Morgan fingerprint density at radius 3 is 2.12 bits per heavy atom. The molecule has 0 bridgehead atoms. The third-order valence-corrected chi connectivity index (χ3v) is 5.09. The molecule has 0 atom stereocenters. The van der Waals surface area contributed by atoms with Gasteiger partial charge in [0.2, 0.25) is 10.0 Å². The van der Waals surface area contributed by atoms with Crippen molar-refractivity contribution < 1.29 is 22.5 Å². The summed E-state index contributed by atoms with van der Waals surface area (Å²) >= 11 is 0. The lowest BCUT2D eigenvalue weighted by atomic mass is 9.79. The summed E-state index contributed by atoms with van der Waals surface area (Å²) in [6.07, 6.45) is 1.74. The fourth-order valence-corrected chi connectivity index (χ4v) is 2.74. The number of hydrogen-bond donors (Lipinski definition) is 1. The molecule has 1 N–H and O–H groups in total. The molecule has 1 fully saturated rings. The zero-order chi connectivity index (χ0) is 18.0. The van der Waals surface area contributed by atoms with Crippen LogP contribution in [0.1, 0.15) is 34.1 Å². The third-order valence-electron chi connectivity index (χ3n) is 4.36. The van der Waals surface area contributed by atoms with Crippen LogP contribution in [0.3, 0.4) is 0 Å². The second-order valence-electron chi connectivity index (χ2n) is 7.03. The van der Waals surface area contributed by atoms with Gasteiger partial charge >= 0.3 is 7.12 Å². The molecule has 1 aliphatic rings. The topological polar surface area (TPSA) is 73.9 Å². The molecular formula is C16H26BNO5S. The minimum Gasteiger partial charge on any atom is -0.494 e. The van der Waals surface area contributed by atoms with E-state index in [1.807, 2.05) is 52.0 Å². The van der Waals surface area contributed by atoms with E-state index in [0.29, 0.717) is 19.6 Å². The van der Waals surface area contributed by atoms with Crippen molar-refractivity contribution in [3.63, 3.8) is 0 Å². The molecule has 0 amide bonds. The summed E-state index contributed by atoms with van der Waals surface area (Å²) in [6, 6.07) is 7.58. The van der Waals surface area contributed by atoms with Gasteiger partial charge in [0.05, 0.1) is 24.1 Å². The van der Waals surface area contributed by atoms with E-state index in [2.05, 4.69) is 4.72 Å². The lowest BCUT2D eigenvalue weighted by molar-refractivity contribution is 0.00578. The normalized spacial score (nSPS) is 19.5. The lowest BCUT2D eigenvalue weighted by Crippen LogP contribution is -2.41. The van der Waals surface area contributed by atoms with Gasteiger partial charge < -0.3 is 14.0 Å². The molecule has 0 radical (unpaired) electrons. The van der Waals surface area contributed by atoms with Crippen LogP contribution in [-0.4, -0.2) is 46.1 Å². The second kappa shape index (κ2) is 7.03. The molecule has 1 heterocycles. The Kier molecular flexibility index (Phi) is 5.64. The molecule has 0 aromatic heterocycles. The van der Waals surface area contributed by atoms with Crippen molar-refractivity contribution in [2.45, 2.75) is 45.3 Å². The Morgan fingerprint density at radius 1 is 1.08 bits per heavy atom. The van der Waals surface area contributed by atoms with E-state index < -0.39 is 10.0 Å². The second-order valence-corrected chi connectivity index (χ2v) is 8.86. The van der Waals surface area contributed by atoms with Crippen LogP contribution in [0.25, 0.3) is 0 Å². The number of nitrogens with one attached hydrogen (secondary N) is 1. The molecule has 2 rings (SSSR count). The SMILES string of the molecule is CC1(C)OB(c2ccc(OCCCNS(C)(=O)=O)cc2)OC1(C)C. The highest BCUT2D eigenvalue weighted by Crippen LogP contribution is 2.36. The predicted molar refractivity (Wildman–Crippen MR) is 95.1 cm³/mol. The predicted octanol–water partition coefficient (Wildman–Crippen LogP) is 1.30. The monoisotopic (exact) mass is 355 g/mol. The summed E-state index contributed by atoms with van der Waals surface area (Å²) in [5, 5.41) is 0. The van der Waals surface area contributed by atoms with Crippen LogP contribution in [0.15, 0.2) is 24.3 Å². The zero-order valence-electron chi connectivity index (χ0n) is 15.0. The summed E-state index contributed by atoms with van der Waals surface area (Å²) in [4.78, 5) is 0. The number of ether oxygens (including phenoxy) is 1. The molecule has 0 saturated carbocycles. The van der Waals surface area contributed by atoms with Crippen LogP contribution in [0.4, 0.5) is 0 Å². The highest BCUT2D eigenvalue weighted by atomic mass is 32.2. The van der Waals surface area contributed by atoms with Gasteiger partial charge in [-0.25, -0.2) is 13.1 Å². The minimum absolute atomic E-state index is 0.362. The van der Waals surface area contributed by atoms with Gasteiger partial charge in [-0.05, 0) is 51.7 Å².